The van der Waals surface area contributed by atoms with Crippen LogP contribution >= 0.6 is 22.7 Å². The molecule has 0 saturated heterocycles. The molecule has 308 valence electrons. The molecule has 0 amide bonds. The van der Waals surface area contributed by atoms with Crippen LogP contribution in [0, 0.1) is 0 Å². The molecule has 0 bridgehead atoms. The summed E-state index contributed by atoms with van der Waals surface area (Å²) in [4.78, 5) is 4.93. The van der Waals surface area contributed by atoms with E-state index in [1.807, 2.05) is 22.7 Å². The maximum Gasteiger partial charge on any atom is 0.181 e. The zero-order valence-corrected chi connectivity index (χ0v) is 38.1. The Morgan fingerprint density at radius 2 is 0.708 bits per heavy atom. The van der Waals surface area contributed by atoms with Crippen molar-refractivity contribution in [1.82, 2.24) is 0 Å². The van der Waals surface area contributed by atoms with Gasteiger partial charge in [-0.05, 0) is 106 Å². The topological polar surface area (TPSA) is 6.48 Å². The van der Waals surface area contributed by atoms with Gasteiger partial charge in [0.25, 0.3) is 0 Å². The van der Waals surface area contributed by atoms with E-state index in [0.29, 0.717) is 0 Å². The van der Waals surface area contributed by atoms with Crippen molar-refractivity contribution in [2.45, 2.75) is 0 Å². The van der Waals surface area contributed by atoms with Crippen molar-refractivity contribution >= 4 is 126 Å². The minimum absolute atomic E-state index is 1.11. The van der Waals surface area contributed by atoms with Crippen LogP contribution in [0.1, 0.15) is 0 Å². The Balaban J connectivity index is 1.12. The van der Waals surface area contributed by atoms with Gasteiger partial charge in [0.05, 0.1) is 0 Å². The van der Waals surface area contributed by atoms with Crippen molar-refractivity contribution in [1.29, 1.82) is 0 Å². The van der Waals surface area contributed by atoms with Gasteiger partial charge in [0.15, 0.2) is 8.07 Å². The average Bonchev–Trinajstić information content (AvgIpc) is 3.94. The Morgan fingerprint density at radius 1 is 0.262 bits per heavy atom. The lowest BCUT2D eigenvalue weighted by atomic mass is 10.1. The van der Waals surface area contributed by atoms with E-state index in [-0.39, 0.29) is 0 Å². The first kappa shape index (κ1) is 39.1. The molecular weight excluding hydrogens is 841 g/mol. The van der Waals surface area contributed by atoms with Crippen LogP contribution in [0.4, 0.5) is 34.1 Å². The third kappa shape index (κ3) is 6.75. The lowest BCUT2D eigenvalue weighted by molar-refractivity contribution is 1.29. The fourth-order valence-corrected chi connectivity index (χ4v) is 17.1. The zero-order chi connectivity index (χ0) is 43.2. The number of rotatable bonds is 10. The van der Waals surface area contributed by atoms with Gasteiger partial charge in [0.1, 0.15) is 0 Å². The summed E-state index contributed by atoms with van der Waals surface area (Å²) in [5, 5.41) is 10.4. The zero-order valence-electron chi connectivity index (χ0n) is 35.5. The summed E-state index contributed by atoms with van der Waals surface area (Å²) in [6, 6.07) is 94.5. The van der Waals surface area contributed by atoms with Crippen molar-refractivity contribution in [2.24, 2.45) is 0 Å². The first-order chi connectivity index (χ1) is 32.2. The Kier molecular flexibility index (Phi) is 9.94. The second-order valence-electron chi connectivity index (χ2n) is 16.4. The summed E-state index contributed by atoms with van der Waals surface area (Å²) in [7, 11) is -3.17. The number of hydrogen-bond donors (Lipinski definition) is 0. The number of nitrogens with zero attached hydrogens (tertiary/aromatic N) is 2. The quantitative estimate of drug-likeness (QED) is 0.0997. The largest absolute Gasteiger partial charge is 0.311 e. The van der Waals surface area contributed by atoms with Crippen molar-refractivity contribution in [2.75, 3.05) is 9.80 Å². The van der Waals surface area contributed by atoms with Gasteiger partial charge in [0, 0.05) is 74.5 Å². The fourth-order valence-electron chi connectivity index (χ4n) is 9.94. The number of benzene rings is 10. The third-order valence-electron chi connectivity index (χ3n) is 12.8. The van der Waals surface area contributed by atoms with Crippen LogP contribution in [0.3, 0.4) is 0 Å². The Bertz CT molecular complexity index is 3580. The highest BCUT2D eigenvalue weighted by Gasteiger charge is 2.44. The van der Waals surface area contributed by atoms with Gasteiger partial charge in [-0.2, -0.15) is 0 Å². The molecule has 0 N–H and O–H groups in total. The maximum absolute atomic E-state index is 3.17. The predicted molar refractivity (Wildman–Crippen MR) is 285 cm³/mol. The molecule has 0 aliphatic heterocycles. The van der Waals surface area contributed by atoms with E-state index in [2.05, 4.69) is 265 Å². The molecule has 0 fully saturated rings. The Morgan fingerprint density at radius 3 is 1.38 bits per heavy atom. The molecule has 0 spiro atoms. The monoisotopic (exact) mass is 882 g/mol. The van der Waals surface area contributed by atoms with Gasteiger partial charge >= 0.3 is 0 Å². The normalized spacial score (nSPS) is 11.7. The Labute approximate surface area is 388 Å². The van der Waals surface area contributed by atoms with Gasteiger partial charge in [-0.25, -0.2) is 0 Å². The molecule has 2 aromatic heterocycles. The molecule has 12 aromatic rings. The highest BCUT2D eigenvalue weighted by Crippen LogP contribution is 2.42. The van der Waals surface area contributed by atoms with Crippen molar-refractivity contribution in [3.05, 3.63) is 255 Å². The summed E-state index contributed by atoms with van der Waals surface area (Å²) < 4.78 is 5.18. The van der Waals surface area contributed by atoms with Crippen LogP contribution in [-0.2, 0) is 0 Å². The van der Waals surface area contributed by atoms with Crippen molar-refractivity contribution in [3.8, 4) is 0 Å². The van der Waals surface area contributed by atoms with E-state index in [1.165, 1.54) is 61.1 Å². The molecule has 0 saturated carbocycles. The molecule has 2 nitrogen and oxygen atoms in total. The lowest BCUT2D eigenvalue weighted by Crippen LogP contribution is -2.75. The van der Waals surface area contributed by atoms with Gasteiger partial charge in [0.2, 0.25) is 0 Å². The molecule has 0 unspecified atom stereocenters. The fraction of sp³-hybridized carbons (Fsp3) is 0. The average molecular weight is 883 g/mol. The second kappa shape index (κ2) is 16.5. The van der Waals surface area contributed by atoms with E-state index in [9.17, 15) is 0 Å². The first-order valence-electron chi connectivity index (χ1n) is 22.1. The first-order valence-corrected chi connectivity index (χ1v) is 25.7. The van der Waals surface area contributed by atoms with Crippen molar-refractivity contribution in [3.63, 3.8) is 0 Å². The summed E-state index contributed by atoms with van der Waals surface area (Å²) in [5.74, 6) is 0. The number of anilines is 6. The molecule has 2 heterocycles. The summed E-state index contributed by atoms with van der Waals surface area (Å²) >= 11 is 3.72. The second-order valence-corrected chi connectivity index (χ2v) is 22.4. The predicted octanol–water partition coefficient (Wildman–Crippen LogP) is 14.7. The number of hydrogen-bond acceptors (Lipinski definition) is 4. The van der Waals surface area contributed by atoms with Crippen LogP contribution in [0.15, 0.2) is 255 Å². The third-order valence-corrected chi connectivity index (χ3v) is 19.9. The van der Waals surface area contributed by atoms with Gasteiger partial charge in [-0.15, -0.1) is 22.7 Å². The molecule has 0 radical (unpaired) electrons. The van der Waals surface area contributed by atoms with Crippen LogP contribution in [-0.4, -0.2) is 8.07 Å². The van der Waals surface area contributed by atoms with Gasteiger partial charge < -0.3 is 9.80 Å². The molecule has 65 heavy (non-hydrogen) atoms. The number of para-hydroxylation sites is 3. The van der Waals surface area contributed by atoms with E-state index in [1.54, 1.807) is 0 Å². The lowest BCUT2D eigenvalue weighted by Gasteiger charge is -2.39. The SMILES string of the molecule is c1ccc(N(c2cccc([Si](c3ccccc3)(c3ccccc3)c3ccccc3N(c3ccccc3)c3ccc4sc5ccccc5c4c3)c2)c2ccc3c(c2)sc2ccccc23)cc1. The van der Waals surface area contributed by atoms with E-state index < -0.39 is 8.07 Å². The summed E-state index contributed by atoms with van der Waals surface area (Å²) in [5.41, 5.74) is 6.77. The van der Waals surface area contributed by atoms with Crippen LogP contribution in [0.2, 0.25) is 0 Å². The van der Waals surface area contributed by atoms with Crippen molar-refractivity contribution < 1.29 is 0 Å². The highest BCUT2D eigenvalue weighted by atomic mass is 32.1. The molecule has 5 heteroatoms. The standard InChI is InChI=1S/C60H42N2S2Si/c1-5-20-43(21-6-1)61(47-36-38-53-51-30-13-16-33-56(51)64-59(53)42-47)45-24-19-29-50(40-45)65(48-25-9-3-10-26-48,49-27-11-4-12-28-49)60-35-18-15-32-55(60)62(44-22-7-2-8-23-44)46-37-39-58-54(41-46)52-31-14-17-34-57(52)63-58/h1-42H. The molecule has 12 rings (SSSR count). The highest BCUT2D eigenvalue weighted by molar-refractivity contribution is 7.26. The van der Waals surface area contributed by atoms with Gasteiger partial charge in [-0.1, -0.05) is 170 Å². The van der Waals surface area contributed by atoms with E-state index in [4.69, 9.17) is 0 Å². The minimum Gasteiger partial charge on any atom is -0.311 e. The summed E-state index contributed by atoms with van der Waals surface area (Å²) in [6.07, 6.45) is 0. The smallest absolute Gasteiger partial charge is 0.181 e. The molecule has 0 aliphatic carbocycles. The number of thiophene rings is 2. The minimum atomic E-state index is -3.17. The Hall–Kier alpha value is -7.54. The van der Waals surface area contributed by atoms with Gasteiger partial charge in [-0.3, -0.25) is 0 Å². The van der Waals surface area contributed by atoms with Crippen LogP contribution in [0.5, 0.6) is 0 Å². The maximum atomic E-state index is 2.50. The van der Waals surface area contributed by atoms with E-state index in [0.717, 1.165) is 34.1 Å². The van der Waals surface area contributed by atoms with Crippen LogP contribution in [0.25, 0.3) is 40.3 Å². The molecule has 0 atom stereocenters. The summed E-state index contributed by atoms with van der Waals surface area (Å²) in [6.45, 7) is 0. The molecule has 0 aliphatic rings. The van der Waals surface area contributed by atoms with E-state index >= 15 is 0 Å². The van der Waals surface area contributed by atoms with Crippen LogP contribution < -0.4 is 30.5 Å². The molecule has 10 aromatic carbocycles. The molecular formula is C60H42N2S2Si. The number of fused-ring (bicyclic) bond motifs is 6.